The molecule has 1 saturated heterocycles. The van der Waals surface area contributed by atoms with Crippen molar-refractivity contribution >= 4 is 23.0 Å². The molecule has 0 aliphatic carbocycles. The smallest absolute Gasteiger partial charge is 0.137 e. The molecule has 0 unspecified atom stereocenters. The highest BCUT2D eigenvalue weighted by atomic mass is 32.2. The molecule has 0 amide bonds. The summed E-state index contributed by atoms with van der Waals surface area (Å²) < 4.78 is 4.33. The van der Waals surface area contributed by atoms with E-state index in [1.165, 1.54) is 0 Å². The monoisotopic (exact) mass is 352 g/mol. The minimum absolute atomic E-state index is 0.210. The van der Waals surface area contributed by atoms with Crippen molar-refractivity contribution in [1.29, 1.82) is 5.26 Å². The van der Waals surface area contributed by atoms with Gasteiger partial charge >= 0.3 is 0 Å². The van der Waals surface area contributed by atoms with Crippen LogP contribution in [0, 0.1) is 11.3 Å². The highest BCUT2D eigenvalue weighted by molar-refractivity contribution is 7.97. The Hall–Kier alpha value is -2.30. The molecule has 3 aromatic heterocycles. The van der Waals surface area contributed by atoms with Gasteiger partial charge in [-0.2, -0.15) is 10.4 Å². The number of aromatic nitrogens is 4. The fraction of sp³-hybridized carbons (Fsp3) is 0.389. The Balaban J connectivity index is 1.62. The molecule has 0 spiro atoms. The number of nitriles is 1. The highest BCUT2D eigenvalue weighted by Gasteiger charge is 2.45. The number of hydrogen-bond acceptors (Lipinski definition) is 5. The summed E-state index contributed by atoms with van der Waals surface area (Å²) in [7, 11) is 0. The zero-order chi connectivity index (χ0) is 17.3. The van der Waals surface area contributed by atoms with Gasteiger partial charge in [-0.05, 0) is 24.1 Å². The lowest BCUT2D eigenvalue weighted by Gasteiger charge is -2.48. The molecule has 128 valence electrons. The molecule has 7 heteroatoms. The molecule has 3 aromatic rings. The maximum absolute atomic E-state index is 9.30. The van der Waals surface area contributed by atoms with Crippen LogP contribution in [0.1, 0.15) is 19.8 Å². The SMILES string of the molecule is CCCSN1CC(CC#N)(n2cc(-c3ccnc4[nH]ccc34)cn2)C1. The first-order valence-electron chi connectivity index (χ1n) is 8.48. The van der Waals surface area contributed by atoms with Gasteiger partial charge in [0.25, 0.3) is 0 Å². The highest BCUT2D eigenvalue weighted by Crippen LogP contribution is 2.37. The minimum Gasteiger partial charge on any atom is -0.346 e. The number of fused-ring (bicyclic) bond motifs is 1. The van der Waals surface area contributed by atoms with E-state index in [1.807, 2.05) is 47.4 Å². The maximum atomic E-state index is 9.30. The van der Waals surface area contributed by atoms with Crippen molar-refractivity contribution in [3.8, 4) is 17.2 Å². The molecule has 0 aromatic carbocycles. The Bertz CT molecular complexity index is 915. The van der Waals surface area contributed by atoms with Crippen molar-refractivity contribution in [3.63, 3.8) is 0 Å². The fourth-order valence-corrected chi connectivity index (χ4v) is 4.44. The number of aromatic amines is 1. The van der Waals surface area contributed by atoms with Gasteiger partial charge in [-0.15, -0.1) is 0 Å². The predicted molar refractivity (Wildman–Crippen MR) is 99.8 cm³/mol. The van der Waals surface area contributed by atoms with E-state index in [-0.39, 0.29) is 5.54 Å². The normalized spacial score (nSPS) is 16.6. The van der Waals surface area contributed by atoms with Crippen LogP contribution in [0.3, 0.4) is 0 Å². The summed E-state index contributed by atoms with van der Waals surface area (Å²) in [6.07, 6.45) is 9.31. The van der Waals surface area contributed by atoms with Crippen LogP contribution < -0.4 is 0 Å². The average molecular weight is 352 g/mol. The van der Waals surface area contributed by atoms with Crippen molar-refractivity contribution in [3.05, 3.63) is 36.9 Å². The molecule has 4 rings (SSSR count). The summed E-state index contributed by atoms with van der Waals surface area (Å²) in [6, 6.07) is 6.40. The second-order valence-electron chi connectivity index (χ2n) is 6.46. The second kappa shape index (κ2) is 6.54. The van der Waals surface area contributed by atoms with Crippen molar-refractivity contribution < 1.29 is 0 Å². The zero-order valence-electron chi connectivity index (χ0n) is 14.1. The van der Waals surface area contributed by atoms with Gasteiger partial charge < -0.3 is 4.98 Å². The fourth-order valence-electron chi connectivity index (χ4n) is 3.34. The van der Waals surface area contributed by atoms with Crippen LogP contribution in [-0.4, -0.2) is 42.9 Å². The molecule has 0 saturated carbocycles. The third-order valence-corrected chi connectivity index (χ3v) is 5.88. The van der Waals surface area contributed by atoms with Crippen LogP contribution >= 0.6 is 11.9 Å². The van der Waals surface area contributed by atoms with E-state index in [1.54, 1.807) is 0 Å². The molecule has 0 atom stereocenters. The van der Waals surface area contributed by atoms with Crippen molar-refractivity contribution in [2.75, 3.05) is 18.8 Å². The molecule has 6 nitrogen and oxygen atoms in total. The Morgan fingerprint density at radius 3 is 3.08 bits per heavy atom. The zero-order valence-corrected chi connectivity index (χ0v) is 15.0. The van der Waals surface area contributed by atoms with Crippen molar-refractivity contribution in [2.24, 2.45) is 0 Å². The quantitative estimate of drug-likeness (QED) is 0.688. The van der Waals surface area contributed by atoms with Gasteiger partial charge in [-0.3, -0.25) is 4.68 Å². The van der Waals surface area contributed by atoms with Gasteiger partial charge in [0.2, 0.25) is 0 Å². The summed E-state index contributed by atoms with van der Waals surface area (Å²) in [5.41, 5.74) is 2.84. The lowest BCUT2D eigenvalue weighted by Crippen LogP contribution is -2.60. The van der Waals surface area contributed by atoms with E-state index >= 15 is 0 Å². The van der Waals surface area contributed by atoms with Crippen LogP contribution in [0.25, 0.3) is 22.2 Å². The molecule has 1 aliphatic heterocycles. The minimum atomic E-state index is -0.210. The third kappa shape index (κ3) is 2.81. The van der Waals surface area contributed by atoms with Crippen LogP contribution in [0.15, 0.2) is 36.9 Å². The molecule has 0 radical (unpaired) electrons. The lowest BCUT2D eigenvalue weighted by molar-refractivity contribution is 0.0811. The van der Waals surface area contributed by atoms with Crippen LogP contribution in [-0.2, 0) is 5.54 Å². The Morgan fingerprint density at radius 1 is 1.40 bits per heavy atom. The van der Waals surface area contributed by atoms with Gasteiger partial charge in [0, 0.05) is 48.4 Å². The maximum Gasteiger partial charge on any atom is 0.137 e. The number of pyridine rings is 1. The Kier molecular flexibility index (Phi) is 4.24. The van der Waals surface area contributed by atoms with Crippen molar-refractivity contribution in [1.82, 2.24) is 24.1 Å². The largest absolute Gasteiger partial charge is 0.346 e. The van der Waals surface area contributed by atoms with Gasteiger partial charge in [0.15, 0.2) is 0 Å². The van der Waals surface area contributed by atoms with E-state index in [0.29, 0.717) is 6.42 Å². The summed E-state index contributed by atoms with van der Waals surface area (Å²) in [5.74, 6) is 1.12. The lowest BCUT2D eigenvalue weighted by atomic mass is 9.89. The van der Waals surface area contributed by atoms with E-state index < -0.39 is 0 Å². The first-order chi connectivity index (χ1) is 12.3. The molecular formula is C18H20N6S. The summed E-state index contributed by atoms with van der Waals surface area (Å²) in [6.45, 7) is 3.91. The molecule has 4 heterocycles. The number of H-pyrrole nitrogens is 1. The molecule has 25 heavy (non-hydrogen) atoms. The predicted octanol–water partition coefficient (Wildman–Crippen LogP) is 3.41. The Labute approximate surface area is 151 Å². The van der Waals surface area contributed by atoms with E-state index in [9.17, 15) is 5.26 Å². The van der Waals surface area contributed by atoms with Crippen molar-refractivity contribution in [2.45, 2.75) is 25.3 Å². The van der Waals surface area contributed by atoms with Crippen LogP contribution in [0.4, 0.5) is 0 Å². The number of hydrogen-bond donors (Lipinski definition) is 1. The van der Waals surface area contributed by atoms with Gasteiger partial charge in [0.1, 0.15) is 11.2 Å². The first-order valence-corrected chi connectivity index (χ1v) is 9.42. The number of rotatable bonds is 6. The summed E-state index contributed by atoms with van der Waals surface area (Å²) in [4.78, 5) is 7.49. The summed E-state index contributed by atoms with van der Waals surface area (Å²) >= 11 is 1.86. The van der Waals surface area contributed by atoms with Crippen LogP contribution in [0.2, 0.25) is 0 Å². The third-order valence-electron chi connectivity index (χ3n) is 4.67. The first kappa shape index (κ1) is 16.2. The van der Waals surface area contributed by atoms with E-state index in [2.05, 4.69) is 38.6 Å². The topological polar surface area (TPSA) is 73.5 Å². The summed E-state index contributed by atoms with van der Waals surface area (Å²) in [5, 5.41) is 15.0. The van der Waals surface area contributed by atoms with Gasteiger partial charge in [0.05, 0.1) is 18.7 Å². The van der Waals surface area contributed by atoms with Gasteiger partial charge in [-0.25, -0.2) is 9.29 Å². The number of nitrogens with one attached hydrogen (secondary N) is 1. The standard InChI is InChI=1S/C18H20N6S/c1-2-9-25-23-12-18(13-23,5-6-19)24-11-14(10-22-24)15-3-7-20-17-16(15)4-8-21-17/h3-4,7-8,10-11H,2,5,9,12-13H2,1H3,(H,20,21). The molecule has 0 bridgehead atoms. The molecule has 1 fully saturated rings. The second-order valence-corrected chi connectivity index (χ2v) is 7.65. The number of nitrogens with zero attached hydrogens (tertiary/aromatic N) is 5. The molecular weight excluding hydrogens is 332 g/mol. The van der Waals surface area contributed by atoms with Crippen LogP contribution in [0.5, 0.6) is 0 Å². The molecule has 1 aliphatic rings. The Morgan fingerprint density at radius 2 is 2.28 bits per heavy atom. The van der Waals surface area contributed by atoms with Gasteiger partial charge in [-0.1, -0.05) is 18.9 Å². The van der Waals surface area contributed by atoms with E-state index in [4.69, 9.17) is 0 Å². The molecule has 1 N–H and O–H groups in total. The average Bonchev–Trinajstić information content (AvgIpc) is 3.25. The van der Waals surface area contributed by atoms with E-state index in [0.717, 1.165) is 47.4 Å².